The molecule has 2 fully saturated rings. The summed E-state index contributed by atoms with van der Waals surface area (Å²) < 4.78 is 39.1. The number of hydrogen-bond donors (Lipinski definition) is 2. The number of ether oxygens (including phenoxy) is 6. The number of fused-ring (bicyclic) bond motifs is 3. The molecule has 0 bridgehead atoms. The van der Waals surface area contributed by atoms with Crippen LogP contribution in [0.1, 0.15) is 139 Å². The van der Waals surface area contributed by atoms with Crippen LogP contribution in [0.4, 0.5) is 10.5 Å². The van der Waals surface area contributed by atoms with E-state index in [1.165, 1.54) is 50.7 Å². The molecule has 75 heavy (non-hydrogen) atoms. The summed E-state index contributed by atoms with van der Waals surface area (Å²) in [4.78, 5) is 36.7. The fourth-order valence-electron chi connectivity index (χ4n) is 11.6. The van der Waals surface area contributed by atoms with E-state index in [9.17, 15) is 20.3 Å². The molecule has 2 N–H and O–H groups in total. The highest BCUT2D eigenvalue weighted by molar-refractivity contribution is 6.03. The van der Waals surface area contributed by atoms with Crippen molar-refractivity contribution in [1.82, 2.24) is 9.80 Å². The molecular weight excluding hydrogens is 957 g/mol. The second-order valence-corrected chi connectivity index (χ2v) is 20.8. The molecule has 2 aliphatic carbocycles. The third-order valence-corrected chi connectivity index (χ3v) is 15.5. The summed E-state index contributed by atoms with van der Waals surface area (Å²) in [6.45, 7) is 10.6. The number of unbranched alkanes of at least 4 members (excludes halogenated alkanes) is 11. The van der Waals surface area contributed by atoms with Gasteiger partial charge in [0.1, 0.15) is 30.8 Å². The first-order chi connectivity index (χ1) is 36.8. The van der Waals surface area contributed by atoms with Crippen molar-refractivity contribution in [1.29, 1.82) is 0 Å². The van der Waals surface area contributed by atoms with Crippen LogP contribution < -0.4 is 18.9 Å². The van der Waals surface area contributed by atoms with Crippen molar-refractivity contribution in [3.63, 3.8) is 0 Å². The number of rotatable bonds is 33. The van der Waals surface area contributed by atoms with Crippen molar-refractivity contribution >= 4 is 17.5 Å². The van der Waals surface area contributed by atoms with Crippen LogP contribution in [0.25, 0.3) is 0 Å². The summed E-state index contributed by atoms with van der Waals surface area (Å²) in [5.74, 6) is 0.264. The molecule has 3 heterocycles. The molecule has 3 aliphatic heterocycles. The Morgan fingerprint density at radius 3 is 2.29 bits per heavy atom. The number of carbonyl (C=O) groups is 1. The van der Waals surface area contributed by atoms with Crippen molar-refractivity contribution in [2.24, 2.45) is 22.9 Å². The number of hydrogen-bond acceptors (Lipinski definition) is 14. The molecule has 1 saturated heterocycles. The Morgan fingerprint density at radius 1 is 0.867 bits per heavy atom. The Kier molecular flexibility index (Phi) is 20.7. The lowest BCUT2D eigenvalue weighted by Gasteiger charge is -2.59. The minimum absolute atomic E-state index is 0.0119. The average Bonchev–Trinajstić information content (AvgIpc) is 4.16. The van der Waals surface area contributed by atoms with Gasteiger partial charge < -0.3 is 43.5 Å². The molecule has 408 valence electrons. The van der Waals surface area contributed by atoms with Crippen molar-refractivity contribution in [3.05, 3.63) is 112 Å². The van der Waals surface area contributed by atoms with E-state index in [2.05, 4.69) is 30.5 Å². The third kappa shape index (κ3) is 14.4. The molecule has 0 aromatic heterocycles. The van der Waals surface area contributed by atoms with Crippen molar-refractivity contribution in [2.75, 3.05) is 59.5 Å². The molecule has 6 atom stereocenters. The Morgan fingerprint density at radius 2 is 1.57 bits per heavy atom. The van der Waals surface area contributed by atoms with Gasteiger partial charge in [-0.05, 0) is 103 Å². The maximum Gasteiger partial charge on any atom is 0.410 e. The monoisotopic (exact) mass is 1040 g/mol. The second kappa shape index (κ2) is 27.9. The molecule has 16 heteroatoms. The molecular formula is C59H80N4O12. The standard InChI is InChI=1S/C59H80N4O12/c1-3-5-6-7-8-9-10-11-12-17-34-70-58(66)62(40-44-22-26-53-54(36-44)72-42-71-53)55-39-51(60-74-41-43-20-23-46(24-21-43)63(67)68)49-37-45(18-13-15-31-64)48(19-14-16-32-65)56-50-38-47(69-35-30-61-28-29-61)25-27-52(50)75-59(55,57(49)56)73-33-4-2/h4,20-27,36-38,45,48,55-57,64-65H,2-3,5-19,28-35,39-42H2,1H3. The zero-order valence-electron chi connectivity index (χ0n) is 44.1. The number of nitro groups is 1. The van der Waals surface area contributed by atoms with Gasteiger partial charge >= 0.3 is 6.09 Å². The van der Waals surface area contributed by atoms with E-state index in [0.29, 0.717) is 48.0 Å². The van der Waals surface area contributed by atoms with E-state index in [4.69, 9.17) is 38.4 Å². The van der Waals surface area contributed by atoms with Crippen LogP contribution in [0.15, 0.2) is 90.1 Å². The van der Waals surface area contributed by atoms with Gasteiger partial charge in [0.15, 0.2) is 11.5 Å². The first-order valence-corrected chi connectivity index (χ1v) is 27.9. The normalized spacial score (nSPS) is 22.6. The lowest BCUT2D eigenvalue weighted by atomic mass is 9.55. The van der Waals surface area contributed by atoms with Gasteiger partial charge in [-0.15, -0.1) is 6.58 Å². The van der Waals surface area contributed by atoms with Gasteiger partial charge in [-0.25, -0.2) is 4.79 Å². The van der Waals surface area contributed by atoms with Crippen LogP contribution in [0.5, 0.6) is 23.0 Å². The van der Waals surface area contributed by atoms with Gasteiger partial charge in [-0.1, -0.05) is 101 Å². The summed E-state index contributed by atoms with van der Waals surface area (Å²) in [6.07, 6.45) is 19.5. The van der Waals surface area contributed by atoms with Gasteiger partial charge in [0.05, 0.1) is 29.8 Å². The number of aliphatic hydroxyl groups excluding tert-OH is 2. The fourth-order valence-corrected chi connectivity index (χ4v) is 11.6. The lowest BCUT2D eigenvalue weighted by molar-refractivity contribution is -0.384. The summed E-state index contributed by atoms with van der Waals surface area (Å²) in [5.41, 5.74) is 3.93. The topological polar surface area (TPSA) is 184 Å². The molecule has 1 amide bonds. The zero-order chi connectivity index (χ0) is 52.4. The van der Waals surface area contributed by atoms with Gasteiger partial charge in [-0.3, -0.25) is 19.9 Å². The first kappa shape index (κ1) is 55.5. The Balaban J connectivity index is 1.22. The van der Waals surface area contributed by atoms with E-state index in [1.54, 1.807) is 23.1 Å². The van der Waals surface area contributed by atoms with Gasteiger partial charge in [-0.2, -0.15) is 0 Å². The molecule has 0 radical (unpaired) electrons. The van der Waals surface area contributed by atoms with Crippen LogP contribution in [0.3, 0.4) is 0 Å². The Labute approximate surface area is 443 Å². The maximum atomic E-state index is 15.3. The number of non-ortho nitro benzene ring substituents is 1. The summed E-state index contributed by atoms with van der Waals surface area (Å²) >= 11 is 0. The minimum Gasteiger partial charge on any atom is -0.492 e. The van der Waals surface area contributed by atoms with E-state index in [1.807, 2.05) is 30.3 Å². The highest BCUT2D eigenvalue weighted by Gasteiger charge is 2.66. The molecule has 3 aromatic rings. The molecule has 0 spiro atoms. The molecule has 8 rings (SSSR count). The van der Waals surface area contributed by atoms with Crippen LogP contribution in [-0.4, -0.2) is 108 Å². The number of carbonyl (C=O) groups excluding carboxylic acids is 1. The van der Waals surface area contributed by atoms with Crippen LogP contribution >= 0.6 is 0 Å². The number of aliphatic hydroxyl groups is 2. The predicted octanol–water partition coefficient (Wildman–Crippen LogP) is 11.4. The van der Waals surface area contributed by atoms with Gasteiger partial charge in [0.25, 0.3) is 5.69 Å². The third-order valence-electron chi connectivity index (χ3n) is 15.5. The van der Waals surface area contributed by atoms with Crippen molar-refractivity contribution in [3.8, 4) is 23.0 Å². The summed E-state index contributed by atoms with van der Waals surface area (Å²) in [5, 5.41) is 36.6. The van der Waals surface area contributed by atoms with Crippen LogP contribution in [0, 0.1) is 27.9 Å². The Hall–Kier alpha value is -5.68. The summed E-state index contributed by atoms with van der Waals surface area (Å²) in [7, 11) is 0. The largest absolute Gasteiger partial charge is 0.492 e. The van der Waals surface area contributed by atoms with Crippen molar-refractivity contribution < 1.29 is 53.2 Å². The zero-order valence-corrected chi connectivity index (χ0v) is 44.1. The first-order valence-electron chi connectivity index (χ1n) is 27.9. The number of amides is 1. The average molecular weight is 1040 g/mol. The molecule has 6 unspecified atom stereocenters. The number of allylic oxidation sites excluding steroid dienone is 1. The smallest absolute Gasteiger partial charge is 0.410 e. The number of nitro benzene ring substituents is 1. The Bertz CT molecular complexity index is 2390. The highest BCUT2D eigenvalue weighted by Crippen LogP contribution is 2.62. The van der Waals surface area contributed by atoms with E-state index in [-0.39, 0.29) is 76.2 Å². The lowest BCUT2D eigenvalue weighted by Crippen LogP contribution is -2.70. The second-order valence-electron chi connectivity index (χ2n) is 20.8. The molecule has 16 nitrogen and oxygen atoms in total. The summed E-state index contributed by atoms with van der Waals surface area (Å²) in [6, 6.07) is 17.1. The number of oxime groups is 1. The van der Waals surface area contributed by atoms with Gasteiger partial charge in [0.2, 0.25) is 12.6 Å². The van der Waals surface area contributed by atoms with E-state index < -0.39 is 28.8 Å². The highest BCUT2D eigenvalue weighted by atomic mass is 16.7. The number of nitrogens with zero attached hydrogens (tertiary/aromatic N) is 4. The predicted molar refractivity (Wildman–Crippen MR) is 286 cm³/mol. The van der Waals surface area contributed by atoms with E-state index in [0.717, 1.165) is 93.5 Å². The quantitative estimate of drug-likeness (QED) is 0.0193. The maximum absolute atomic E-state index is 15.3. The molecule has 3 aromatic carbocycles. The minimum atomic E-state index is -1.52. The molecule has 1 saturated carbocycles. The van der Waals surface area contributed by atoms with Gasteiger partial charge in [0, 0.05) is 69.4 Å². The van der Waals surface area contributed by atoms with Crippen molar-refractivity contribution in [2.45, 2.75) is 147 Å². The fraction of sp³-hybridized carbons (Fsp3) is 0.593. The van der Waals surface area contributed by atoms with Crippen LogP contribution in [-0.2, 0) is 27.5 Å². The SMILES string of the molecule is C=CCOC12Oc3ccc(OCCN4CC4)cc3C3C(CCCCO)C(CCCCO)C=C(C(=NOCc4ccc([N+](=O)[O-])cc4)CC1N(Cc1ccc4c(c1)OCO4)C(=O)OCCCCCCCCCCCC)C32. The number of benzene rings is 3. The molecule has 5 aliphatic rings. The van der Waals surface area contributed by atoms with Crippen LogP contribution in [0.2, 0.25) is 0 Å². The van der Waals surface area contributed by atoms with E-state index >= 15 is 4.79 Å².